The fourth-order valence-corrected chi connectivity index (χ4v) is 0.177. The summed E-state index contributed by atoms with van der Waals surface area (Å²) in [7, 11) is 0. The Balaban J connectivity index is 3.15. The SMILES string of the molecule is NNCC(N)(N)N. The quantitative estimate of drug-likeness (QED) is 0.146. The summed E-state index contributed by atoms with van der Waals surface area (Å²) < 4.78 is 0. The van der Waals surface area contributed by atoms with Gasteiger partial charge in [-0.3, -0.25) is 11.3 Å². The molecule has 0 bridgehead atoms. The predicted octanol–water partition coefficient (Wildman–Crippen LogP) is -3.02. The van der Waals surface area contributed by atoms with Crippen molar-refractivity contribution >= 4 is 0 Å². The summed E-state index contributed by atoms with van der Waals surface area (Å²) in [5, 5.41) is 0. The van der Waals surface area contributed by atoms with Crippen LogP contribution in [-0.4, -0.2) is 12.3 Å². The second-order valence-corrected chi connectivity index (χ2v) is 1.49. The second-order valence-electron chi connectivity index (χ2n) is 1.49. The average molecular weight is 105 g/mol. The first kappa shape index (κ1) is 6.80. The lowest BCUT2D eigenvalue weighted by atomic mass is 10.4. The van der Waals surface area contributed by atoms with E-state index in [-0.39, 0.29) is 6.54 Å². The summed E-state index contributed by atoms with van der Waals surface area (Å²) in [6, 6.07) is 0. The highest BCUT2D eigenvalue weighted by atomic mass is 15.3. The van der Waals surface area contributed by atoms with Gasteiger partial charge >= 0.3 is 0 Å². The maximum Gasteiger partial charge on any atom is 0.130 e. The maximum atomic E-state index is 5.06. The minimum Gasteiger partial charge on any atom is -0.300 e. The van der Waals surface area contributed by atoms with Crippen molar-refractivity contribution in [3.8, 4) is 0 Å². The largest absolute Gasteiger partial charge is 0.300 e. The van der Waals surface area contributed by atoms with Crippen molar-refractivity contribution < 1.29 is 0 Å². The van der Waals surface area contributed by atoms with Crippen LogP contribution in [0.3, 0.4) is 0 Å². The lowest BCUT2D eigenvalue weighted by molar-refractivity contribution is 0.428. The van der Waals surface area contributed by atoms with E-state index < -0.39 is 5.79 Å². The van der Waals surface area contributed by atoms with Crippen LogP contribution in [0.2, 0.25) is 0 Å². The first-order valence-electron chi connectivity index (χ1n) is 1.86. The molecule has 0 rings (SSSR count). The highest BCUT2D eigenvalue weighted by Crippen LogP contribution is 1.66. The summed E-state index contributed by atoms with van der Waals surface area (Å²) in [6.07, 6.45) is 0. The molecule has 9 N–H and O–H groups in total. The number of rotatable bonds is 2. The Morgan fingerprint density at radius 1 is 1.29 bits per heavy atom. The third kappa shape index (κ3) is 5.80. The van der Waals surface area contributed by atoms with Crippen LogP contribution in [0, 0.1) is 0 Å². The molecule has 7 heavy (non-hydrogen) atoms. The van der Waals surface area contributed by atoms with Crippen LogP contribution in [0.1, 0.15) is 0 Å². The van der Waals surface area contributed by atoms with Crippen LogP contribution >= 0.6 is 0 Å². The average Bonchev–Trinajstić information content (AvgIpc) is 1.30. The molecule has 44 valence electrons. The molecule has 0 aliphatic rings. The van der Waals surface area contributed by atoms with Crippen LogP contribution in [0.5, 0.6) is 0 Å². The van der Waals surface area contributed by atoms with Gasteiger partial charge in [0.05, 0.1) is 6.54 Å². The van der Waals surface area contributed by atoms with Crippen LogP contribution in [-0.2, 0) is 0 Å². The van der Waals surface area contributed by atoms with E-state index in [2.05, 4.69) is 5.43 Å². The molecule has 0 aromatic heterocycles. The lowest BCUT2D eigenvalue weighted by Crippen LogP contribution is -2.64. The molecule has 0 spiro atoms. The molecule has 0 saturated carbocycles. The van der Waals surface area contributed by atoms with Gasteiger partial charge in [0, 0.05) is 0 Å². The molecule has 5 heteroatoms. The molecule has 0 aromatic carbocycles. The van der Waals surface area contributed by atoms with Crippen molar-refractivity contribution in [1.29, 1.82) is 0 Å². The summed E-state index contributed by atoms with van der Waals surface area (Å²) in [5.74, 6) is 3.64. The van der Waals surface area contributed by atoms with E-state index in [9.17, 15) is 0 Å². The van der Waals surface area contributed by atoms with Gasteiger partial charge in [-0.15, -0.1) is 0 Å². The number of hydrogen-bond donors (Lipinski definition) is 5. The fourth-order valence-electron chi connectivity index (χ4n) is 0.177. The minimum atomic E-state index is -1.19. The third-order valence-electron chi connectivity index (χ3n) is 0.408. The van der Waals surface area contributed by atoms with Gasteiger partial charge in [0.2, 0.25) is 0 Å². The van der Waals surface area contributed by atoms with Gasteiger partial charge in [0.1, 0.15) is 5.79 Å². The van der Waals surface area contributed by atoms with Crippen molar-refractivity contribution in [2.24, 2.45) is 23.0 Å². The number of nitrogens with two attached hydrogens (primary N) is 4. The monoisotopic (exact) mass is 105 g/mol. The van der Waals surface area contributed by atoms with Crippen molar-refractivity contribution in [3.05, 3.63) is 0 Å². The Hall–Kier alpha value is -0.200. The molecule has 0 unspecified atom stereocenters. The Morgan fingerprint density at radius 2 is 1.71 bits per heavy atom. The third-order valence-corrected chi connectivity index (χ3v) is 0.408. The van der Waals surface area contributed by atoms with Crippen molar-refractivity contribution in [2.75, 3.05) is 6.54 Å². The Kier molecular flexibility index (Phi) is 2.13. The van der Waals surface area contributed by atoms with E-state index in [1.54, 1.807) is 0 Å². The van der Waals surface area contributed by atoms with Gasteiger partial charge in [-0.05, 0) is 0 Å². The molecular formula is C2H11N5. The highest BCUT2D eigenvalue weighted by molar-refractivity contribution is 4.67. The summed E-state index contributed by atoms with van der Waals surface area (Å²) in [4.78, 5) is 0. The zero-order valence-electron chi connectivity index (χ0n) is 4.02. The van der Waals surface area contributed by atoms with Crippen LogP contribution in [0.4, 0.5) is 0 Å². The Labute approximate surface area is 42.0 Å². The first-order chi connectivity index (χ1) is 3.06. The number of hydrogen-bond acceptors (Lipinski definition) is 5. The Bertz CT molecular complexity index is 44.5. The van der Waals surface area contributed by atoms with Gasteiger partial charge < -0.3 is 17.2 Å². The van der Waals surface area contributed by atoms with Gasteiger partial charge in [-0.2, -0.15) is 0 Å². The molecular weight excluding hydrogens is 94.1 g/mol. The standard InChI is InChI=1S/C2H11N5/c3-2(4,5)1-7-6/h7H,1,3-6H2. The zero-order chi connectivity index (χ0) is 5.91. The molecule has 0 aliphatic heterocycles. The molecule has 0 aromatic rings. The molecule has 0 saturated heterocycles. The maximum absolute atomic E-state index is 5.06. The smallest absolute Gasteiger partial charge is 0.130 e. The molecule has 0 amide bonds. The van der Waals surface area contributed by atoms with Crippen molar-refractivity contribution in [2.45, 2.75) is 5.79 Å². The molecule has 0 aliphatic carbocycles. The van der Waals surface area contributed by atoms with Crippen molar-refractivity contribution in [1.82, 2.24) is 5.43 Å². The molecule has 0 heterocycles. The fraction of sp³-hybridized carbons (Fsp3) is 1.00. The van der Waals surface area contributed by atoms with Crippen LogP contribution in [0.15, 0.2) is 0 Å². The zero-order valence-corrected chi connectivity index (χ0v) is 4.02. The normalized spacial score (nSPS) is 12.0. The van der Waals surface area contributed by atoms with E-state index >= 15 is 0 Å². The predicted molar refractivity (Wildman–Crippen MR) is 27.5 cm³/mol. The highest BCUT2D eigenvalue weighted by Gasteiger charge is 2.07. The molecule has 0 fully saturated rings. The van der Waals surface area contributed by atoms with E-state index in [1.807, 2.05) is 0 Å². The summed E-state index contributed by atoms with van der Waals surface area (Å²) >= 11 is 0. The second kappa shape index (κ2) is 2.20. The van der Waals surface area contributed by atoms with Crippen LogP contribution in [0.25, 0.3) is 0 Å². The minimum absolute atomic E-state index is 0.201. The Morgan fingerprint density at radius 3 is 1.71 bits per heavy atom. The van der Waals surface area contributed by atoms with Crippen molar-refractivity contribution in [3.63, 3.8) is 0 Å². The molecule has 0 atom stereocenters. The van der Waals surface area contributed by atoms with E-state index in [4.69, 9.17) is 23.0 Å². The number of hydrazine groups is 1. The van der Waals surface area contributed by atoms with Crippen LogP contribution < -0.4 is 28.5 Å². The topological polar surface area (TPSA) is 116 Å². The van der Waals surface area contributed by atoms with Gasteiger partial charge in [0.15, 0.2) is 0 Å². The summed E-state index contributed by atoms with van der Waals surface area (Å²) in [6.45, 7) is 0.201. The van der Waals surface area contributed by atoms with Gasteiger partial charge in [-0.25, -0.2) is 0 Å². The number of nitrogens with one attached hydrogen (secondary N) is 1. The van der Waals surface area contributed by atoms with E-state index in [0.717, 1.165) is 0 Å². The van der Waals surface area contributed by atoms with Gasteiger partial charge in [0.25, 0.3) is 0 Å². The molecule has 5 nitrogen and oxygen atoms in total. The lowest BCUT2D eigenvalue weighted by Gasteiger charge is -2.16. The van der Waals surface area contributed by atoms with E-state index in [1.165, 1.54) is 0 Å². The molecule has 0 radical (unpaired) electrons. The van der Waals surface area contributed by atoms with Gasteiger partial charge in [-0.1, -0.05) is 0 Å². The first-order valence-corrected chi connectivity index (χ1v) is 1.86. The van der Waals surface area contributed by atoms with E-state index in [0.29, 0.717) is 0 Å². The summed E-state index contributed by atoms with van der Waals surface area (Å²) in [5.41, 5.74) is 17.4.